The quantitative estimate of drug-likeness (QED) is 0.903. The molecule has 0 aliphatic carbocycles. The van der Waals surface area contributed by atoms with E-state index in [4.69, 9.17) is 4.74 Å². The third-order valence-electron chi connectivity index (χ3n) is 4.87. The van der Waals surface area contributed by atoms with Crippen LogP contribution in [-0.2, 0) is 11.2 Å². The molecule has 0 bridgehead atoms. The number of anilines is 1. The second kappa shape index (κ2) is 6.32. The molecule has 0 radical (unpaired) electrons. The van der Waals surface area contributed by atoms with E-state index in [2.05, 4.69) is 17.1 Å². The molecule has 0 amide bonds. The first-order chi connectivity index (χ1) is 10.2. The van der Waals surface area contributed by atoms with Gasteiger partial charge in [0.1, 0.15) is 5.82 Å². The van der Waals surface area contributed by atoms with E-state index < -0.39 is 0 Å². The van der Waals surface area contributed by atoms with Crippen LogP contribution in [0.4, 0.5) is 10.1 Å². The number of nitrogens with zero attached hydrogens (tertiary/aromatic N) is 1. The predicted molar refractivity (Wildman–Crippen MR) is 83.3 cm³/mol. The number of nitrogens with one attached hydrogen (secondary N) is 1. The van der Waals surface area contributed by atoms with E-state index in [1.807, 2.05) is 6.07 Å². The number of ether oxygens (including phenoxy) is 1. The fourth-order valence-corrected chi connectivity index (χ4v) is 3.57. The minimum absolute atomic E-state index is 0.131. The van der Waals surface area contributed by atoms with Crippen LogP contribution in [0.5, 0.6) is 0 Å². The third-order valence-corrected chi connectivity index (χ3v) is 4.87. The highest BCUT2D eigenvalue weighted by atomic mass is 19.1. The van der Waals surface area contributed by atoms with E-state index in [-0.39, 0.29) is 11.2 Å². The van der Waals surface area contributed by atoms with Crippen LogP contribution in [0.3, 0.4) is 0 Å². The summed E-state index contributed by atoms with van der Waals surface area (Å²) >= 11 is 0. The standard InChI is InChI=1S/C17H25FN2O/c1-2-19-12-17(6-9-21-10-7-17)13-20-8-5-14-3-4-15(18)11-16(14)20/h3-4,11,19H,2,5-10,12-13H2,1H3. The summed E-state index contributed by atoms with van der Waals surface area (Å²) < 4.78 is 19.1. The van der Waals surface area contributed by atoms with Crippen LogP contribution in [0.25, 0.3) is 0 Å². The Morgan fingerprint density at radius 2 is 2.14 bits per heavy atom. The summed E-state index contributed by atoms with van der Waals surface area (Å²) in [7, 11) is 0. The fourth-order valence-electron chi connectivity index (χ4n) is 3.57. The zero-order valence-corrected chi connectivity index (χ0v) is 12.8. The smallest absolute Gasteiger partial charge is 0.125 e. The molecule has 1 N–H and O–H groups in total. The van der Waals surface area contributed by atoms with Crippen LogP contribution in [-0.4, -0.2) is 39.4 Å². The van der Waals surface area contributed by atoms with Gasteiger partial charge in [-0.15, -0.1) is 0 Å². The van der Waals surface area contributed by atoms with Crippen molar-refractivity contribution in [1.82, 2.24) is 5.32 Å². The highest BCUT2D eigenvalue weighted by molar-refractivity contribution is 5.58. The maximum atomic E-state index is 13.6. The second-order valence-electron chi connectivity index (χ2n) is 6.34. The monoisotopic (exact) mass is 292 g/mol. The van der Waals surface area contributed by atoms with Crippen LogP contribution < -0.4 is 10.2 Å². The highest BCUT2D eigenvalue weighted by Gasteiger charge is 2.35. The minimum Gasteiger partial charge on any atom is -0.381 e. The molecule has 1 aromatic carbocycles. The molecule has 1 fully saturated rings. The molecular formula is C17H25FN2O. The number of rotatable bonds is 5. The molecule has 0 aromatic heterocycles. The molecule has 0 atom stereocenters. The first kappa shape index (κ1) is 14.8. The summed E-state index contributed by atoms with van der Waals surface area (Å²) in [6.45, 7) is 7.85. The van der Waals surface area contributed by atoms with E-state index in [1.165, 1.54) is 5.56 Å². The van der Waals surface area contributed by atoms with Crippen molar-refractivity contribution in [2.75, 3.05) is 44.3 Å². The maximum absolute atomic E-state index is 13.6. The van der Waals surface area contributed by atoms with Crippen LogP contribution in [0.1, 0.15) is 25.3 Å². The van der Waals surface area contributed by atoms with Crippen molar-refractivity contribution in [1.29, 1.82) is 0 Å². The van der Waals surface area contributed by atoms with Gasteiger partial charge >= 0.3 is 0 Å². The summed E-state index contributed by atoms with van der Waals surface area (Å²) in [6, 6.07) is 5.21. The van der Waals surface area contributed by atoms with Gasteiger partial charge in [0.05, 0.1) is 0 Å². The SMILES string of the molecule is CCNCC1(CN2CCc3ccc(F)cc32)CCOCC1. The first-order valence-corrected chi connectivity index (χ1v) is 8.04. The lowest BCUT2D eigenvalue weighted by Gasteiger charge is -2.41. The van der Waals surface area contributed by atoms with Crippen LogP contribution in [0.2, 0.25) is 0 Å². The Balaban J connectivity index is 1.76. The largest absolute Gasteiger partial charge is 0.381 e. The molecule has 1 aromatic rings. The van der Waals surface area contributed by atoms with Crippen LogP contribution >= 0.6 is 0 Å². The maximum Gasteiger partial charge on any atom is 0.125 e. The molecule has 1 saturated heterocycles. The molecule has 0 unspecified atom stereocenters. The number of fused-ring (bicyclic) bond motifs is 1. The number of hydrogen-bond donors (Lipinski definition) is 1. The summed E-state index contributed by atoms with van der Waals surface area (Å²) in [5, 5.41) is 3.51. The topological polar surface area (TPSA) is 24.5 Å². The zero-order chi connectivity index (χ0) is 14.7. The Bertz CT molecular complexity index is 486. The molecule has 0 spiro atoms. The van der Waals surface area contributed by atoms with E-state index in [9.17, 15) is 4.39 Å². The predicted octanol–water partition coefficient (Wildman–Crippen LogP) is 2.59. The molecule has 2 aliphatic rings. The normalized spacial score (nSPS) is 20.6. The van der Waals surface area contributed by atoms with Gasteiger partial charge in [-0.05, 0) is 43.5 Å². The summed E-state index contributed by atoms with van der Waals surface area (Å²) in [6.07, 6.45) is 3.20. The number of halogens is 1. The van der Waals surface area contributed by atoms with Crippen molar-refractivity contribution >= 4 is 5.69 Å². The molecule has 0 saturated carbocycles. The Kier molecular flexibility index (Phi) is 4.45. The van der Waals surface area contributed by atoms with Gasteiger partial charge in [0, 0.05) is 44.0 Å². The van der Waals surface area contributed by atoms with Crippen molar-refractivity contribution in [2.24, 2.45) is 5.41 Å². The summed E-state index contributed by atoms with van der Waals surface area (Å²) in [5.41, 5.74) is 2.63. The van der Waals surface area contributed by atoms with Gasteiger partial charge in [-0.2, -0.15) is 0 Å². The number of hydrogen-bond acceptors (Lipinski definition) is 3. The van der Waals surface area contributed by atoms with Gasteiger partial charge in [0.25, 0.3) is 0 Å². The van der Waals surface area contributed by atoms with Gasteiger partial charge in [0.15, 0.2) is 0 Å². The average molecular weight is 292 g/mol. The molecule has 2 heterocycles. The minimum atomic E-state index is -0.131. The molecule has 3 nitrogen and oxygen atoms in total. The van der Waals surface area contributed by atoms with Crippen molar-refractivity contribution in [2.45, 2.75) is 26.2 Å². The van der Waals surface area contributed by atoms with E-state index >= 15 is 0 Å². The first-order valence-electron chi connectivity index (χ1n) is 8.04. The summed E-state index contributed by atoms with van der Waals surface area (Å²) in [4.78, 5) is 2.38. The number of benzene rings is 1. The van der Waals surface area contributed by atoms with Crippen molar-refractivity contribution < 1.29 is 9.13 Å². The average Bonchev–Trinajstić information content (AvgIpc) is 2.88. The van der Waals surface area contributed by atoms with Gasteiger partial charge in [-0.25, -0.2) is 4.39 Å². The Morgan fingerprint density at radius 3 is 2.90 bits per heavy atom. The molecule has 21 heavy (non-hydrogen) atoms. The lowest BCUT2D eigenvalue weighted by Crippen LogP contribution is -2.47. The molecule has 2 aliphatic heterocycles. The zero-order valence-electron chi connectivity index (χ0n) is 12.8. The third kappa shape index (κ3) is 3.22. The van der Waals surface area contributed by atoms with Gasteiger partial charge in [-0.1, -0.05) is 13.0 Å². The molecule has 116 valence electrons. The molecule has 4 heteroatoms. The summed E-state index contributed by atoms with van der Waals surface area (Å²) in [5.74, 6) is -0.131. The Labute approximate surface area is 126 Å². The van der Waals surface area contributed by atoms with Gasteiger partial charge in [-0.3, -0.25) is 0 Å². The van der Waals surface area contributed by atoms with Crippen molar-refractivity contribution in [3.05, 3.63) is 29.6 Å². The lowest BCUT2D eigenvalue weighted by molar-refractivity contribution is 0.0187. The Hall–Kier alpha value is -1.13. The molecule has 3 rings (SSSR count). The molecular weight excluding hydrogens is 267 g/mol. The van der Waals surface area contributed by atoms with Crippen LogP contribution in [0.15, 0.2) is 18.2 Å². The van der Waals surface area contributed by atoms with Crippen molar-refractivity contribution in [3.63, 3.8) is 0 Å². The van der Waals surface area contributed by atoms with Gasteiger partial charge < -0.3 is 15.0 Å². The van der Waals surface area contributed by atoms with Crippen molar-refractivity contribution in [3.8, 4) is 0 Å². The fraction of sp³-hybridized carbons (Fsp3) is 0.647. The highest BCUT2D eigenvalue weighted by Crippen LogP contribution is 2.36. The van der Waals surface area contributed by atoms with E-state index in [0.717, 1.165) is 64.3 Å². The second-order valence-corrected chi connectivity index (χ2v) is 6.34. The van der Waals surface area contributed by atoms with Crippen LogP contribution in [0, 0.1) is 11.2 Å². The van der Waals surface area contributed by atoms with Gasteiger partial charge in [0.2, 0.25) is 0 Å². The Morgan fingerprint density at radius 1 is 1.33 bits per heavy atom. The van der Waals surface area contributed by atoms with E-state index in [1.54, 1.807) is 12.1 Å². The lowest BCUT2D eigenvalue weighted by atomic mass is 9.79. The van der Waals surface area contributed by atoms with E-state index in [0.29, 0.717) is 0 Å².